The Morgan fingerprint density at radius 1 is 1.08 bits per heavy atom. The molecule has 1 fully saturated rings. The van der Waals surface area contributed by atoms with Crippen LogP contribution >= 0.6 is 0 Å². The normalized spacial score (nSPS) is 21.5. The standard InChI is InChI=1S/C19H18N4O3/c1-12-6-8-14(9-7-12)23-18(24)16-17(19(23)25)22(21-20-16)11-13-4-3-5-15(10-13)26-2/h3-10,16-17H,11H2,1-2H3. The molecule has 4 rings (SSSR count). The van der Waals surface area contributed by atoms with Gasteiger partial charge in [0.05, 0.1) is 19.3 Å². The predicted molar refractivity (Wildman–Crippen MR) is 94.6 cm³/mol. The molecule has 2 aliphatic heterocycles. The first-order valence-corrected chi connectivity index (χ1v) is 8.33. The van der Waals surface area contributed by atoms with Crippen LogP contribution in [0.5, 0.6) is 5.75 Å². The molecule has 132 valence electrons. The van der Waals surface area contributed by atoms with Gasteiger partial charge in [0.25, 0.3) is 11.8 Å². The zero-order valence-electron chi connectivity index (χ0n) is 14.5. The van der Waals surface area contributed by atoms with Crippen LogP contribution in [0.25, 0.3) is 0 Å². The van der Waals surface area contributed by atoms with Gasteiger partial charge < -0.3 is 4.74 Å². The molecule has 2 aromatic rings. The summed E-state index contributed by atoms with van der Waals surface area (Å²) in [7, 11) is 1.60. The second kappa shape index (κ2) is 6.25. The number of carbonyl (C=O) groups excluding carboxylic acids is 2. The number of ether oxygens (including phenoxy) is 1. The lowest BCUT2D eigenvalue weighted by molar-refractivity contribution is -0.123. The molecule has 7 heteroatoms. The number of nitrogens with zero attached hydrogens (tertiary/aromatic N) is 4. The van der Waals surface area contributed by atoms with E-state index in [0.29, 0.717) is 12.2 Å². The van der Waals surface area contributed by atoms with E-state index in [1.54, 1.807) is 24.3 Å². The van der Waals surface area contributed by atoms with Crippen molar-refractivity contribution in [3.05, 3.63) is 59.7 Å². The molecule has 0 N–H and O–H groups in total. The van der Waals surface area contributed by atoms with E-state index >= 15 is 0 Å². The summed E-state index contributed by atoms with van der Waals surface area (Å²) in [4.78, 5) is 26.8. The van der Waals surface area contributed by atoms with E-state index in [1.165, 1.54) is 4.90 Å². The summed E-state index contributed by atoms with van der Waals surface area (Å²) in [6.45, 7) is 2.33. The van der Waals surface area contributed by atoms with Gasteiger partial charge in [-0.05, 0) is 36.8 Å². The first-order valence-electron chi connectivity index (χ1n) is 8.33. The van der Waals surface area contributed by atoms with Crippen molar-refractivity contribution >= 4 is 17.5 Å². The molecular weight excluding hydrogens is 332 g/mol. The fraction of sp³-hybridized carbons (Fsp3) is 0.263. The van der Waals surface area contributed by atoms with Crippen LogP contribution in [0.15, 0.2) is 58.9 Å². The van der Waals surface area contributed by atoms with Crippen LogP contribution in [-0.4, -0.2) is 36.0 Å². The van der Waals surface area contributed by atoms with E-state index in [1.807, 2.05) is 43.3 Å². The Kier molecular flexibility index (Phi) is 3.91. The van der Waals surface area contributed by atoms with E-state index in [9.17, 15) is 9.59 Å². The van der Waals surface area contributed by atoms with E-state index in [2.05, 4.69) is 10.3 Å². The van der Waals surface area contributed by atoms with Crippen molar-refractivity contribution in [3.8, 4) is 5.75 Å². The molecule has 2 heterocycles. The highest BCUT2D eigenvalue weighted by Crippen LogP contribution is 2.33. The van der Waals surface area contributed by atoms with Gasteiger partial charge in [-0.1, -0.05) is 35.1 Å². The van der Waals surface area contributed by atoms with Crippen LogP contribution in [0.2, 0.25) is 0 Å². The molecule has 26 heavy (non-hydrogen) atoms. The molecule has 0 spiro atoms. The van der Waals surface area contributed by atoms with E-state index < -0.39 is 12.1 Å². The minimum absolute atomic E-state index is 0.295. The molecule has 0 radical (unpaired) electrons. The molecular formula is C19H18N4O3. The van der Waals surface area contributed by atoms with Crippen LogP contribution in [0.3, 0.4) is 0 Å². The van der Waals surface area contributed by atoms with Crippen LogP contribution < -0.4 is 9.64 Å². The second-order valence-electron chi connectivity index (χ2n) is 6.39. The minimum atomic E-state index is -0.783. The van der Waals surface area contributed by atoms with Crippen molar-refractivity contribution in [1.82, 2.24) is 5.01 Å². The van der Waals surface area contributed by atoms with Gasteiger partial charge in [0.15, 0.2) is 12.1 Å². The largest absolute Gasteiger partial charge is 0.497 e. The lowest BCUT2D eigenvalue weighted by Gasteiger charge is -2.21. The Morgan fingerprint density at radius 2 is 1.85 bits per heavy atom. The van der Waals surface area contributed by atoms with Gasteiger partial charge in [-0.15, -0.1) is 0 Å². The molecule has 0 bridgehead atoms. The highest BCUT2D eigenvalue weighted by Gasteiger charge is 2.54. The summed E-state index contributed by atoms with van der Waals surface area (Å²) in [5, 5.41) is 9.69. The number of carbonyl (C=O) groups is 2. The third-order valence-corrected chi connectivity index (χ3v) is 4.63. The minimum Gasteiger partial charge on any atom is -0.497 e. The molecule has 0 saturated carbocycles. The summed E-state index contributed by atoms with van der Waals surface area (Å²) in [5.74, 6) is 0.0998. The van der Waals surface area contributed by atoms with Gasteiger partial charge in [0.1, 0.15) is 5.75 Å². The van der Waals surface area contributed by atoms with Gasteiger partial charge in [0.2, 0.25) is 0 Å². The average molecular weight is 350 g/mol. The second-order valence-corrected chi connectivity index (χ2v) is 6.39. The predicted octanol–water partition coefficient (Wildman–Crippen LogP) is 2.50. The van der Waals surface area contributed by atoms with Gasteiger partial charge in [-0.2, -0.15) is 5.11 Å². The Bertz CT molecular complexity index is 894. The molecule has 2 unspecified atom stereocenters. The van der Waals surface area contributed by atoms with Gasteiger partial charge in [-0.25, -0.2) is 4.90 Å². The summed E-state index contributed by atoms with van der Waals surface area (Å²) in [5.41, 5.74) is 2.56. The number of benzene rings is 2. The summed E-state index contributed by atoms with van der Waals surface area (Å²) in [6, 6.07) is 13.3. The maximum absolute atomic E-state index is 12.9. The van der Waals surface area contributed by atoms with Crippen LogP contribution in [-0.2, 0) is 16.1 Å². The smallest absolute Gasteiger partial charge is 0.263 e. The van der Waals surface area contributed by atoms with Crippen molar-refractivity contribution in [2.75, 3.05) is 12.0 Å². The fourth-order valence-corrected chi connectivity index (χ4v) is 3.26. The van der Waals surface area contributed by atoms with E-state index in [4.69, 9.17) is 4.74 Å². The Hall–Kier alpha value is -3.22. The maximum Gasteiger partial charge on any atom is 0.263 e. The van der Waals surface area contributed by atoms with Crippen molar-refractivity contribution in [2.45, 2.75) is 25.6 Å². The highest BCUT2D eigenvalue weighted by molar-refractivity contribution is 6.25. The number of methoxy groups -OCH3 is 1. The van der Waals surface area contributed by atoms with Gasteiger partial charge >= 0.3 is 0 Å². The molecule has 7 nitrogen and oxygen atoms in total. The van der Waals surface area contributed by atoms with Crippen molar-refractivity contribution in [3.63, 3.8) is 0 Å². The van der Waals surface area contributed by atoms with Crippen molar-refractivity contribution in [1.29, 1.82) is 0 Å². The van der Waals surface area contributed by atoms with E-state index in [-0.39, 0.29) is 11.8 Å². The average Bonchev–Trinajstić information content (AvgIpc) is 3.17. The third kappa shape index (κ3) is 2.61. The van der Waals surface area contributed by atoms with Gasteiger partial charge in [0, 0.05) is 0 Å². The number of anilines is 1. The molecule has 0 aromatic heterocycles. The number of hydrogen-bond acceptors (Lipinski definition) is 6. The van der Waals surface area contributed by atoms with Crippen molar-refractivity contribution in [2.24, 2.45) is 10.3 Å². The quantitative estimate of drug-likeness (QED) is 0.794. The zero-order valence-corrected chi connectivity index (χ0v) is 14.5. The lowest BCUT2D eigenvalue weighted by Crippen LogP contribution is -2.39. The number of imide groups is 1. The number of hydrogen-bond donors (Lipinski definition) is 0. The van der Waals surface area contributed by atoms with Crippen LogP contribution in [0, 0.1) is 6.92 Å². The molecule has 2 aliphatic rings. The number of rotatable bonds is 4. The lowest BCUT2D eigenvalue weighted by atomic mass is 10.1. The Morgan fingerprint density at radius 3 is 2.58 bits per heavy atom. The zero-order chi connectivity index (χ0) is 18.3. The molecule has 1 saturated heterocycles. The third-order valence-electron chi connectivity index (χ3n) is 4.63. The molecule has 2 amide bonds. The summed E-state index contributed by atoms with van der Waals surface area (Å²) < 4.78 is 5.23. The Balaban J connectivity index is 1.58. The number of aryl methyl sites for hydroxylation is 1. The van der Waals surface area contributed by atoms with E-state index in [0.717, 1.165) is 16.9 Å². The number of amides is 2. The van der Waals surface area contributed by atoms with Crippen LogP contribution in [0.4, 0.5) is 5.69 Å². The summed E-state index contributed by atoms with van der Waals surface area (Å²) >= 11 is 0. The first kappa shape index (κ1) is 16.3. The SMILES string of the molecule is COc1cccc(CN2N=NC3C(=O)N(c4ccc(C)cc4)C(=O)C32)c1. The molecule has 0 aliphatic carbocycles. The highest BCUT2D eigenvalue weighted by atomic mass is 16.5. The summed E-state index contributed by atoms with van der Waals surface area (Å²) in [6.07, 6.45) is 0. The molecule has 2 aromatic carbocycles. The van der Waals surface area contributed by atoms with Gasteiger partial charge in [-0.3, -0.25) is 14.6 Å². The maximum atomic E-state index is 12.9. The monoisotopic (exact) mass is 350 g/mol. The molecule has 2 atom stereocenters. The number of fused-ring (bicyclic) bond motifs is 1. The van der Waals surface area contributed by atoms with Crippen LogP contribution in [0.1, 0.15) is 11.1 Å². The Labute approximate surface area is 150 Å². The van der Waals surface area contributed by atoms with Crippen molar-refractivity contribution < 1.29 is 14.3 Å². The fourth-order valence-electron chi connectivity index (χ4n) is 3.26. The topological polar surface area (TPSA) is 74.6 Å². The first-order chi connectivity index (χ1) is 12.6.